The fraction of sp³-hybridized carbons (Fsp3) is 0.462. The van der Waals surface area contributed by atoms with Crippen molar-refractivity contribution in [3.8, 4) is 5.75 Å². The first kappa shape index (κ1) is 12.3. The zero-order valence-corrected chi connectivity index (χ0v) is 10.6. The number of benzene rings is 1. The molecule has 0 bridgehead atoms. The van der Waals surface area contributed by atoms with Crippen molar-refractivity contribution >= 4 is 17.7 Å². The van der Waals surface area contributed by atoms with Crippen molar-refractivity contribution in [1.29, 1.82) is 0 Å². The summed E-state index contributed by atoms with van der Waals surface area (Å²) in [4.78, 5) is 11.5. The molecule has 2 atom stereocenters. The monoisotopic (exact) mass is 252 g/mol. The van der Waals surface area contributed by atoms with Crippen molar-refractivity contribution < 1.29 is 14.6 Å². The second-order valence-corrected chi connectivity index (χ2v) is 5.33. The van der Waals surface area contributed by atoms with E-state index < -0.39 is 11.9 Å². The number of carbonyl (C=O) groups is 1. The summed E-state index contributed by atoms with van der Waals surface area (Å²) in [5, 5.41) is 9.44. The predicted octanol–water partition coefficient (Wildman–Crippen LogP) is 2.62. The number of thioether (sulfide) groups is 1. The van der Waals surface area contributed by atoms with E-state index >= 15 is 0 Å². The summed E-state index contributed by atoms with van der Waals surface area (Å²) in [5.74, 6) is 1.69. The van der Waals surface area contributed by atoms with Crippen LogP contribution in [0, 0.1) is 5.92 Å². The Hall–Kier alpha value is -1.16. The maximum atomic E-state index is 11.5. The molecule has 4 heteroatoms. The predicted molar refractivity (Wildman–Crippen MR) is 68.8 cm³/mol. The fourth-order valence-electron chi connectivity index (χ4n) is 2.33. The number of hydrogen-bond donors (Lipinski definition) is 1. The van der Waals surface area contributed by atoms with E-state index in [1.807, 2.05) is 36.0 Å². The molecule has 1 heterocycles. The summed E-state index contributed by atoms with van der Waals surface area (Å²) < 4.78 is 5.27. The number of carboxylic acids is 1. The van der Waals surface area contributed by atoms with E-state index in [-0.39, 0.29) is 5.92 Å². The van der Waals surface area contributed by atoms with Gasteiger partial charge in [0, 0.05) is 5.56 Å². The molecule has 0 radical (unpaired) electrons. The molecule has 1 saturated heterocycles. The Morgan fingerprint density at radius 1 is 1.53 bits per heavy atom. The lowest BCUT2D eigenvalue weighted by Gasteiger charge is -2.21. The summed E-state index contributed by atoms with van der Waals surface area (Å²) in [6.07, 6.45) is 0.972. The number of para-hydroxylation sites is 1. The van der Waals surface area contributed by atoms with E-state index in [9.17, 15) is 9.90 Å². The van der Waals surface area contributed by atoms with E-state index in [1.165, 1.54) is 0 Å². The van der Waals surface area contributed by atoms with Crippen LogP contribution >= 0.6 is 11.8 Å². The second kappa shape index (κ2) is 5.45. The molecule has 0 aliphatic carbocycles. The van der Waals surface area contributed by atoms with E-state index in [0.717, 1.165) is 23.5 Å². The van der Waals surface area contributed by atoms with Gasteiger partial charge in [-0.05, 0) is 29.9 Å². The average molecular weight is 252 g/mol. The van der Waals surface area contributed by atoms with Gasteiger partial charge in [-0.2, -0.15) is 11.8 Å². The number of rotatable bonds is 4. The van der Waals surface area contributed by atoms with Gasteiger partial charge in [0.05, 0.1) is 13.0 Å². The molecule has 1 N–H and O–H groups in total. The van der Waals surface area contributed by atoms with Crippen LogP contribution in [-0.2, 0) is 4.79 Å². The minimum absolute atomic E-state index is 0.216. The van der Waals surface area contributed by atoms with Gasteiger partial charge in [-0.3, -0.25) is 4.79 Å². The Labute approximate surface area is 105 Å². The Balaban J connectivity index is 2.34. The molecule has 0 amide bonds. The summed E-state index contributed by atoms with van der Waals surface area (Å²) >= 11 is 1.83. The quantitative estimate of drug-likeness (QED) is 0.894. The van der Waals surface area contributed by atoms with Gasteiger partial charge in [-0.1, -0.05) is 18.2 Å². The zero-order valence-electron chi connectivity index (χ0n) is 9.76. The van der Waals surface area contributed by atoms with Crippen LogP contribution in [0.4, 0.5) is 0 Å². The van der Waals surface area contributed by atoms with Gasteiger partial charge < -0.3 is 9.84 Å². The first-order chi connectivity index (χ1) is 8.24. The Morgan fingerprint density at radius 3 is 2.88 bits per heavy atom. The van der Waals surface area contributed by atoms with Crippen LogP contribution in [0.5, 0.6) is 5.75 Å². The van der Waals surface area contributed by atoms with Crippen molar-refractivity contribution in [3.05, 3.63) is 29.8 Å². The molecule has 17 heavy (non-hydrogen) atoms. The van der Waals surface area contributed by atoms with Crippen LogP contribution in [0.15, 0.2) is 24.3 Å². The lowest BCUT2D eigenvalue weighted by atomic mass is 9.85. The third-order valence-corrected chi connectivity index (χ3v) is 4.36. The molecule has 2 unspecified atom stereocenters. The Morgan fingerprint density at radius 2 is 2.29 bits per heavy atom. The topological polar surface area (TPSA) is 46.5 Å². The van der Waals surface area contributed by atoms with Crippen molar-refractivity contribution in [2.24, 2.45) is 5.92 Å². The van der Waals surface area contributed by atoms with Crippen LogP contribution in [0.3, 0.4) is 0 Å². The van der Waals surface area contributed by atoms with Gasteiger partial charge in [0.1, 0.15) is 5.75 Å². The highest BCUT2D eigenvalue weighted by Gasteiger charge is 2.33. The standard InChI is InChI=1S/C13H16O3S/c1-16-11-5-3-2-4-10(11)12(13(14)15)9-6-7-17-8-9/h2-5,9,12H,6-8H2,1H3,(H,14,15). The Kier molecular flexibility index (Phi) is 3.94. The first-order valence-electron chi connectivity index (χ1n) is 5.67. The van der Waals surface area contributed by atoms with Gasteiger partial charge in [-0.15, -0.1) is 0 Å². The third-order valence-electron chi connectivity index (χ3n) is 3.18. The maximum absolute atomic E-state index is 11.5. The molecule has 1 aromatic rings. The van der Waals surface area contributed by atoms with E-state index in [0.29, 0.717) is 5.75 Å². The molecular weight excluding hydrogens is 236 g/mol. The summed E-state index contributed by atoms with van der Waals surface area (Å²) in [6.45, 7) is 0. The molecule has 1 aliphatic heterocycles. The van der Waals surface area contributed by atoms with Crippen molar-refractivity contribution in [1.82, 2.24) is 0 Å². The molecular formula is C13H16O3S. The number of aliphatic carboxylic acids is 1. The lowest BCUT2D eigenvalue weighted by molar-refractivity contribution is -0.140. The molecule has 0 spiro atoms. The zero-order chi connectivity index (χ0) is 12.3. The molecule has 92 valence electrons. The smallest absolute Gasteiger partial charge is 0.311 e. The van der Waals surface area contributed by atoms with Crippen LogP contribution in [0.1, 0.15) is 17.9 Å². The van der Waals surface area contributed by atoms with Crippen LogP contribution in [0.25, 0.3) is 0 Å². The highest BCUT2D eigenvalue weighted by atomic mass is 32.2. The third kappa shape index (κ3) is 2.57. The van der Waals surface area contributed by atoms with Crippen LogP contribution in [-0.4, -0.2) is 29.7 Å². The largest absolute Gasteiger partial charge is 0.496 e. The summed E-state index contributed by atoms with van der Waals surface area (Å²) in [5.41, 5.74) is 0.801. The summed E-state index contributed by atoms with van der Waals surface area (Å²) in [7, 11) is 1.58. The van der Waals surface area contributed by atoms with Gasteiger partial charge in [0.15, 0.2) is 0 Å². The first-order valence-corrected chi connectivity index (χ1v) is 6.83. The van der Waals surface area contributed by atoms with Crippen molar-refractivity contribution in [2.45, 2.75) is 12.3 Å². The van der Waals surface area contributed by atoms with E-state index in [2.05, 4.69) is 0 Å². The second-order valence-electron chi connectivity index (χ2n) is 4.18. The molecule has 0 aromatic heterocycles. The number of ether oxygens (including phenoxy) is 1. The fourth-order valence-corrected chi connectivity index (χ4v) is 3.63. The minimum atomic E-state index is -0.748. The number of hydrogen-bond acceptors (Lipinski definition) is 3. The minimum Gasteiger partial charge on any atom is -0.496 e. The Bertz CT molecular complexity index is 399. The molecule has 1 aliphatic rings. The van der Waals surface area contributed by atoms with Gasteiger partial charge >= 0.3 is 5.97 Å². The van der Waals surface area contributed by atoms with Crippen molar-refractivity contribution in [2.75, 3.05) is 18.6 Å². The van der Waals surface area contributed by atoms with Crippen molar-refractivity contribution in [3.63, 3.8) is 0 Å². The molecule has 1 aromatic carbocycles. The highest BCUT2D eigenvalue weighted by molar-refractivity contribution is 7.99. The molecule has 2 rings (SSSR count). The molecule has 0 saturated carbocycles. The van der Waals surface area contributed by atoms with Crippen LogP contribution < -0.4 is 4.74 Å². The van der Waals surface area contributed by atoms with Crippen LogP contribution in [0.2, 0.25) is 0 Å². The normalized spacial score (nSPS) is 21.1. The van der Waals surface area contributed by atoms with Gasteiger partial charge in [0.25, 0.3) is 0 Å². The van der Waals surface area contributed by atoms with Gasteiger partial charge in [0.2, 0.25) is 0 Å². The van der Waals surface area contributed by atoms with Gasteiger partial charge in [-0.25, -0.2) is 0 Å². The molecule has 1 fully saturated rings. The number of methoxy groups -OCH3 is 1. The average Bonchev–Trinajstić information content (AvgIpc) is 2.83. The maximum Gasteiger partial charge on any atom is 0.311 e. The lowest BCUT2D eigenvalue weighted by Crippen LogP contribution is -2.22. The van der Waals surface area contributed by atoms with E-state index in [4.69, 9.17) is 4.74 Å². The number of carboxylic acid groups (broad SMARTS) is 1. The summed E-state index contributed by atoms with van der Waals surface area (Å²) in [6, 6.07) is 7.43. The highest BCUT2D eigenvalue weighted by Crippen LogP contribution is 2.39. The SMILES string of the molecule is COc1ccccc1C(C(=O)O)C1CCSC1. The molecule has 3 nitrogen and oxygen atoms in total. The van der Waals surface area contributed by atoms with E-state index in [1.54, 1.807) is 7.11 Å².